The van der Waals surface area contributed by atoms with Gasteiger partial charge in [0, 0.05) is 12.6 Å². The Morgan fingerprint density at radius 3 is 2.42 bits per heavy atom. The Kier molecular flexibility index (Phi) is 6.02. The van der Waals surface area contributed by atoms with Crippen LogP contribution in [0.4, 0.5) is 0 Å². The number of aliphatic carboxylic acids is 1. The van der Waals surface area contributed by atoms with Crippen LogP contribution in [0.2, 0.25) is 0 Å². The normalized spacial score (nSPS) is 13.6. The molecule has 1 amide bonds. The second kappa shape index (κ2) is 7.53. The van der Waals surface area contributed by atoms with Crippen LogP contribution in [0.25, 0.3) is 0 Å². The summed E-state index contributed by atoms with van der Waals surface area (Å²) in [7, 11) is 0. The molecular formula is C14H20N2O3. The summed E-state index contributed by atoms with van der Waals surface area (Å²) < 4.78 is 0. The van der Waals surface area contributed by atoms with Gasteiger partial charge in [-0.2, -0.15) is 0 Å². The highest BCUT2D eigenvalue weighted by atomic mass is 16.4. The summed E-state index contributed by atoms with van der Waals surface area (Å²) in [5.41, 5.74) is 6.49. The van der Waals surface area contributed by atoms with Crippen LogP contribution in [0.1, 0.15) is 31.2 Å². The van der Waals surface area contributed by atoms with Crippen LogP contribution in [-0.4, -0.2) is 29.6 Å². The molecular weight excluding hydrogens is 244 g/mol. The third-order valence-electron chi connectivity index (χ3n) is 3.01. The summed E-state index contributed by atoms with van der Waals surface area (Å²) >= 11 is 0. The molecule has 0 fully saturated rings. The van der Waals surface area contributed by atoms with Crippen molar-refractivity contribution in [3.8, 4) is 0 Å². The van der Waals surface area contributed by atoms with Gasteiger partial charge in [-0.25, -0.2) is 0 Å². The largest absolute Gasteiger partial charge is 0.481 e. The maximum Gasteiger partial charge on any atom is 0.305 e. The fourth-order valence-electron chi connectivity index (χ4n) is 1.89. The summed E-state index contributed by atoms with van der Waals surface area (Å²) in [6.45, 7) is 2.03. The van der Waals surface area contributed by atoms with Gasteiger partial charge in [-0.1, -0.05) is 37.3 Å². The molecule has 0 aliphatic rings. The van der Waals surface area contributed by atoms with Gasteiger partial charge in [-0.3, -0.25) is 9.59 Å². The van der Waals surface area contributed by atoms with Crippen molar-refractivity contribution in [3.63, 3.8) is 0 Å². The first kappa shape index (κ1) is 15.2. The van der Waals surface area contributed by atoms with E-state index in [-0.39, 0.29) is 24.9 Å². The Morgan fingerprint density at radius 1 is 1.32 bits per heavy atom. The smallest absolute Gasteiger partial charge is 0.305 e. The van der Waals surface area contributed by atoms with E-state index in [0.29, 0.717) is 6.42 Å². The zero-order valence-corrected chi connectivity index (χ0v) is 11.0. The molecule has 0 saturated heterocycles. The summed E-state index contributed by atoms with van der Waals surface area (Å²) in [5, 5.41) is 11.5. The SMILES string of the molecule is CCC(CC(=O)O)NC(=O)C(CN)c1ccccc1. The second-order valence-corrected chi connectivity index (χ2v) is 4.41. The second-order valence-electron chi connectivity index (χ2n) is 4.41. The number of rotatable bonds is 7. The lowest BCUT2D eigenvalue weighted by atomic mass is 9.97. The lowest BCUT2D eigenvalue weighted by Crippen LogP contribution is -2.41. The van der Waals surface area contributed by atoms with Crippen molar-refractivity contribution in [1.82, 2.24) is 5.32 Å². The molecule has 104 valence electrons. The number of hydrogen-bond acceptors (Lipinski definition) is 3. The van der Waals surface area contributed by atoms with Crippen LogP contribution in [0, 0.1) is 0 Å². The molecule has 0 aliphatic heterocycles. The zero-order chi connectivity index (χ0) is 14.3. The first-order valence-electron chi connectivity index (χ1n) is 6.35. The lowest BCUT2D eigenvalue weighted by Gasteiger charge is -2.20. The predicted octanol–water partition coefficient (Wildman–Crippen LogP) is 1.10. The first-order valence-corrected chi connectivity index (χ1v) is 6.35. The van der Waals surface area contributed by atoms with E-state index >= 15 is 0 Å². The van der Waals surface area contributed by atoms with Crippen LogP contribution < -0.4 is 11.1 Å². The minimum atomic E-state index is -0.920. The zero-order valence-electron chi connectivity index (χ0n) is 11.0. The first-order chi connectivity index (χ1) is 9.08. The molecule has 1 rings (SSSR count). The number of benzene rings is 1. The Balaban J connectivity index is 2.71. The van der Waals surface area contributed by atoms with Crippen LogP contribution in [0.15, 0.2) is 30.3 Å². The number of carbonyl (C=O) groups excluding carboxylic acids is 1. The molecule has 1 aromatic rings. The van der Waals surface area contributed by atoms with Crippen molar-refractivity contribution in [2.45, 2.75) is 31.7 Å². The van der Waals surface area contributed by atoms with Gasteiger partial charge in [0.2, 0.25) is 5.91 Å². The number of carboxylic acid groups (broad SMARTS) is 1. The Morgan fingerprint density at radius 2 is 1.95 bits per heavy atom. The van der Waals surface area contributed by atoms with E-state index in [9.17, 15) is 9.59 Å². The number of amides is 1. The lowest BCUT2D eigenvalue weighted by molar-refractivity contribution is -0.137. The van der Waals surface area contributed by atoms with Gasteiger partial charge in [0.1, 0.15) is 0 Å². The van der Waals surface area contributed by atoms with Gasteiger partial charge in [0.15, 0.2) is 0 Å². The number of nitrogens with one attached hydrogen (secondary N) is 1. The van der Waals surface area contributed by atoms with Gasteiger partial charge in [0.05, 0.1) is 12.3 Å². The molecule has 0 bridgehead atoms. The van der Waals surface area contributed by atoms with E-state index in [1.54, 1.807) is 0 Å². The molecule has 19 heavy (non-hydrogen) atoms. The minimum Gasteiger partial charge on any atom is -0.481 e. The van der Waals surface area contributed by atoms with Crippen LogP contribution in [-0.2, 0) is 9.59 Å². The van der Waals surface area contributed by atoms with Crippen molar-refractivity contribution in [2.75, 3.05) is 6.54 Å². The van der Waals surface area contributed by atoms with Crippen molar-refractivity contribution in [1.29, 1.82) is 0 Å². The fourth-order valence-corrected chi connectivity index (χ4v) is 1.89. The molecule has 0 aliphatic carbocycles. The van der Waals surface area contributed by atoms with E-state index in [1.165, 1.54) is 0 Å². The molecule has 0 saturated carbocycles. The van der Waals surface area contributed by atoms with Crippen LogP contribution >= 0.6 is 0 Å². The quantitative estimate of drug-likeness (QED) is 0.687. The number of nitrogens with two attached hydrogens (primary N) is 1. The average molecular weight is 264 g/mol. The van der Waals surface area contributed by atoms with E-state index in [1.807, 2.05) is 37.3 Å². The molecule has 1 aromatic carbocycles. The molecule has 2 unspecified atom stereocenters. The van der Waals surface area contributed by atoms with Gasteiger partial charge in [-0.15, -0.1) is 0 Å². The van der Waals surface area contributed by atoms with Gasteiger partial charge in [-0.05, 0) is 12.0 Å². The van der Waals surface area contributed by atoms with E-state index in [4.69, 9.17) is 10.8 Å². The molecule has 0 spiro atoms. The standard InChI is InChI=1S/C14H20N2O3/c1-2-11(8-13(17)18)16-14(19)12(9-15)10-6-4-3-5-7-10/h3-7,11-12H,2,8-9,15H2,1H3,(H,16,19)(H,17,18). The third-order valence-corrected chi connectivity index (χ3v) is 3.01. The van der Waals surface area contributed by atoms with E-state index in [0.717, 1.165) is 5.56 Å². The molecule has 2 atom stereocenters. The van der Waals surface area contributed by atoms with E-state index < -0.39 is 11.9 Å². The molecule has 5 nitrogen and oxygen atoms in total. The van der Waals surface area contributed by atoms with Crippen molar-refractivity contribution >= 4 is 11.9 Å². The fraction of sp³-hybridized carbons (Fsp3) is 0.429. The van der Waals surface area contributed by atoms with Crippen molar-refractivity contribution < 1.29 is 14.7 Å². The summed E-state index contributed by atoms with van der Waals surface area (Å²) in [5.74, 6) is -1.58. The number of carboxylic acids is 1. The van der Waals surface area contributed by atoms with E-state index in [2.05, 4.69) is 5.32 Å². The molecule has 4 N–H and O–H groups in total. The predicted molar refractivity (Wildman–Crippen MR) is 72.7 cm³/mol. The third kappa shape index (κ3) is 4.71. The summed E-state index contributed by atoms with van der Waals surface area (Å²) in [6, 6.07) is 8.89. The van der Waals surface area contributed by atoms with Crippen molar-refractivity contribution in [3.05, 3.63) is 35.9 Å². The van der Waals surface area contributed by atoms with Crippen LogP contribution in [0.3, 0.4) is 0 Å². The summed E-state index contributed by atoms with van der Waals surface area (Å²) in [4.78, 5) is 22.8. The molecule has 5 heteroatoms. The monoisotopic (exact) mass is 264 g/mol. The Labute approximate surface area is 112 Å². The minimum absolute atomic E-state index is 0.0751. The topological polar surface area (TPSA) is 92.4 Å². The maximum atomic E-state index is 12.1. The highest BCUT2D eigenvalue weighted by Crippen LogP contribution is 2.15. The number of carbonyl (C=O) groups is 2. The van der Waals surface area contributed by atoms with Gasteiger partial charge < -0.3 is 16.2 Å². The highest BCUT2D eigenvalue weighted by molar-refractivity contribution is 5.84. The van der Waals surface area contributed by atoms with Gasteiger partial charge in [0.25, 0.3) is 0 Å². The molecule has 0 heterocycles. The average Bonchev–Trinajstić information content (AvgIpc) is 2.39. The molecule has 0 radical (unpaired) electrons. The number of hydrogen-bond donors (Lipinski definition) is 3. The summed E-state index contributed by atoms with van der Waals surface area (Å²) in [6.07, 6.45) is 0.498. The van der Waals surface area contributed by atoms with Crippen LogP contribution in [0.5, 0.6) is 0 Å². The van der Waals surface area contributed by atoms with Crippen molar-refractivity contribution in [2.24, 2.45) is 5.73 Å². The Bertz CT molecular complexity index is 420. The van der Waals surface area contributed by atoms with Gasteiger partial charge >= 0.3 is 5.97 Å². The maximum absolute atomic E-state index is 12.1. The highest BCUT2D eigenvalue weighted by Gasteiger charge is 2.22. The molecule has 0 aromatic heterocycles. The Hall–Kier alpha value is -1.88.